The Kier molecular flexibility index (Phi) is 5.53. The van der Waals surface area contributed by atoms with Gasteiger partial charge in [0.25, 0.3) is 0 Å². The van der Waals surface area contributed by atoms with Gasteiger partial charge >= 0.3 is 0 Å². The van der Waals surface area contributed by atoms with Crippen LogP contribution >= 0.6 is 0 Å². The van der Waals surface area contributed by atoms with Gasteiger partial charge in [-0.25, -0.2) is 9.97 Å². The molecule has 1 atom stereocenters. The highest BCUT2D eigenvalue weighted by Gasteiger charge is 2.18. The Morgan fingerprint density at radius 2 is 1.74 bits per heavy atom. The molecule has 1 unspecified atom stereocenters. The monoisotopic (exact) mass is 454 g/mol. The molecule has 1 aliphatic rings. The van der Waals surface area contributed by atoms with Gasteiger partial charge in [0.15, 0.2) is 11.5 Å². The van der Waals surface area contributed by atoms with Crippen molar-refractivity contribution in [2.24, 2.45) is 0 Å². The van der Waals surface area contributed by atoms with Crippen LogP contribution in [0.5, 0.6) is 11.5 Å². The molecule has 0 spiro atoms. The molecule has 3 aromatic carbocycles. The Morgan fingerprint density at radius 3 is 2.53 bits per heavy atom. The van der Waals surface area contributed by atoms with Crippen molar-refractivity contribution in [1.82, 2.24) is 9.97 Å². The molecule has 2 heterocycles. The summed E-state index contributed by atoms with van der Waals surface area (Å²) in [6.45, 7) is 3.98. The standard InChI is InChI=1S/C27H26N4O3/c1-15(28-27-21-13-24(33-3)25(34-4)14-23(21)29-16(2)30-27)17-6-5-7-18(10-17)19-8-9-22-20(11-19)12-26(32)31-22/h5-11,13-15H,12H2,1-4H3,(H,31,32)(H,28,29,30). The molecule has 0 bridgehead atoms. The number of fused-ring (bicyclic) bond motifs is 2. The maximum Gasteiger partial charge on any atom is 0.228 e. The number of anilines is 2. The van der Waals surface area contributed by atoms with Crippen molar-refractivity contribution < 1.29 is 14.3 Å². The van der Waals surface area contributed by atoms with Gasteiger partial charge < -0.3 is 20.1 Å². The van der Waals surface area contributed by atoms with E-state index in [2.05, 4.69) is 57.9 Å². The normalized spacial score (nSPS) is 13.4. The molecule has 172 valence electrons. The molecule has 5 rings (SSSR count). The zero-order valence-corrected chi connectivity index (χ0v) is 19.6. The Morgan fingerprint density at radius 1 is 0.971 bits per heavy atom. The van der Waals surface area contributed by atoms with Crippen molar-refractivity contribution in [3.8, 4) is 22.6 Å². The molecule has 1 aromatic heterocycles. The number of nitrogens with zero attached hydrogens (tertiary/aromatic N) is 2. The summed E-state index contributed by atoms with van der Waals surface area (Å²) >= 11 is 0. The zero-order chi connectivity index (χ0) is 23.8. The lowest BCUT2D eigenvalue weighted by Gasteiger charge is -2.18. The Balaban J connectivity index is 1.47. The summed E-state index contributed by atoms with van der Waals surface area (Å²) in [6.07, 6.45) is 0.426. The van der Waals surface area contributed by atoms with Crippen LogP contribution in [-0.2, 0) is 11.2 Å². The first-order valence-electron chi connectivity index (χ1n) is 11.1. The second-order valence-electron chi connectivity index (χ2n) is 8.43. The molecular formula is C27H26N4O3. The average molecular weight is 455 g/mol. The van der Waals surface area contributed by atoms with E-state index in [1.807, 2.05) is 31.2 Å². The number of amides is 1. The predicted octanol–water partition coefficient (Wildman–Crippen LogP) is 5.29. The number of aryl methyl sites for hydroxylation is 1. The predicted molar refractivity (Wildman–Crippen MR) is 134 cm³/mol. The molecule has 7 nitrogen and oxygen atoms in total. The quantitative estimate of drug-likeness (QED) is 0.412. The number of carbonyl (C=O) groups excluding carboxylic acids is 1. The van der Waals surface area contributed by atoms with Gasteiger partial charge in [-0.2, -0.15) is 0 Å². The molecule has 4 aromatic rings. The van der Waals surface area contributed by atoms with Gasteiger partial charge in [-0.05, 0) is 60.4 Å². The van der Waals surface area contributed by atoms with Gasteiger partial charge in [0.2, 0.25) is 5.91 Å². The number of carbonyl (C=O) groups is 1. The smallest absolute Gasteiger partial charge is 0.228 e. The minimum Gasteiger partial charge on any atom is -0.493 e. The molecule has 0 aliphatic carbocycles. The highest BCUT2D eigenvalue weighted by atomic mass is 16.5. The van der Waals surface area contributed by atoms with E-state index in [9.17, 15) is 4.79 Å². The molecule has 2 N–H and O–H groups in total. The summed E-state index contributed by atoms with van der Waals surface area (Å²) in [6, 6.07) is 18.3. The lowest BCUT2D eigenvalue weighted by molar-refractivity contribution is -0.115. The molecule has 7 heteroatoms. The van der Waals surface area contributed by atoms with Crippen molar-refractivity contribution in [2.75, 3.05) is 24.9 Å². The van der Waals surface area contributed by atoms with Gasteiger partial charge in [0.1, 0.15) is 11.6 Å². The lowest BCUT2D eigenvalue weighted by atomic mass is 9.98. The third-order valence-corrected chi connectivity index (χ3v) is 6.12. The number of ether oxygens (including phenoxy) is 2. The summed E-state index contributed by atoms with van der Waals surface area (Å²) < 4.78 is 10.9. The number of aromatic nitrogens is 2. The van der Waals surface area contributed by atoms with E-state index in [0.29, 0.717) is 23.7 Å². The number of hydrogen-bond donors (Lipinski definition) is 2. The Bertz CT molecular complexity index is 1420. The summed E-state index contributed by atoms with van der Waals surface area (Å²) in [4.78, 5) is 21.0. The Labute approximate surface area is 198 Å². The number of methoxy groups -OCH3 is 2. The number of benzene rings is 3. The van der Waals surface area contributed by atoms with Crippen molar-refractivity contribution in [3.05, 3.63) is 71.5 Å². The first-order valence-corrected chi connectivity index (χ1v) is 11.1. The van der Waals surface area contributed by atoms with Gasteiger partial charge in [-0.3, -0.25) is 4.79 Å². The van der Waals surface area contributed by atoms with Crippen LogP contribution in [0.2, 0.25) is 0 Å². The van der Waals surface area contributed by atoms with Crippen LogP contribution in [0.1, 0.15) is 29.9 Å². The maximum absolute atomic E-state index is 11.7. The molecule has 1 amide bonds. The van der Waals surface area contributed by atoms with E-state index in [0.717, 1.165) is 44.7 Å². The maximum atomic E-state index is 11.7. The minimum atomic E-state index is -0.0109. The van der Waals surface area contributed by atoms with Gasteiger partial charge in [-0.1, -0.05) is 24.3 Å². The largest absolute Gasteiger partial charge is 0.493 e. The molecule has 0 fully saturated rings. The van der Waals surface area contributed by atoms with E-state index in [-0.39, 0.29) is 11.9 Å². The van der Waals surface area contributed by atoms with E-state index in [4.69, 9.17) is 9.47 Å². The lowest BCUT2D eigenvalue weighted by Crippen LogP contribution is -2.10. The SMILES string of the molecule is COc1cc2nc(C)nc(NC(C)c3cccc(-c4ccc5c(c4)CC(=O)N5)c3)c2cc1OC. The summed E-state index contributed by atoms with van der Waals surface area (Å²) in [5.74, 6) is 2.71. The summed E-state index contributed by atoms with van der Waals surface area (Å²) in [5, 5.41) is 7.31. The number of hydrogen-bond acceptors (Lipinski definition) is 6. The number of nitrogens with one attached hydrogen (secondary N) is 2. The molecule has 0 saturated heterocycles. The first-order chi connectivity index (χ1) is 16.4. The van der Waals surface area contributed by atoms with Gasteiger partial charge in [-0.15, -0.1) is 0 Å². The van der Waals surface area contributed by atoms with Crippen molar-refractivity contribution in [1.29, 1.82) is 0 Å². The van der Waals surface area contributed by atoms with Crippen LogP contribution in [0.4, 0.5) is 11.5 Å². The average Bonchev–Trinajstić information content (AvgIpc) is 3.22. The molecular weight excluding hydrogens is 428 g/mol. The van der Waals surface area contributed by atoms with Gasteiger partial charge in [0, 0.05) is 23.2 Å². The third kappa shape index (κ3) is 4.01. The fraction of sp³-hybridized carbons (Fsp3) is 0.222. The highest BCUT2D eigenvalue weighted by molar-refractivity contribution is 5.99. The molecule has 0 radical (unpaired) electrons. The first kappa shape index (κ1) is 21.7. The topological polar surface area (TPSA) is 85.4 Å². The van der Waals surface area contributed by atoms with Crippen molar-refractivity contribution in [3.63, 3.8) is 0 Å². The zero-order valence-electron chi connectivity index (χ0n) is 19.6. The van der Waals surface area contributed by atoms with Crippen LogP contribution in [0.25, 0.3) is 22.0 Å². The number of rotatable bonds is 6. The second-order valence-corrected chi connectivity index (χ2v) is 8.43. The Hall–Kier alpha value is -4.13. The minimum absolute atomic E-state index is 0.0109. The van der Waals surface area contributed by atoms with Crippen molar-refractivity contribution in [2.45, 2.75) is 26.3 Å². The van der Waals surface area contributed by atoms with E-state index >= 15 is 0 Å². The fourth-order valence-corrected chi connectivity index (χ4v) is 4.37. The van der Waals surface area contributed by atoms with E-state index in [1.165, 1.54) is 0 Å². The van der Waals surface area contributed by atoms with E-state index < -0.39 is 0 Å². The molecule has 1 aliphatic heterocycles. The third-order valence-electron chi connectivity index (χ3n) is 6.12. The molecule has 34 heavy (non-hydrogen) atoms. The van der Waals surface area contributed by atoms with E-state index in [1.54, 1.807) is 14.2 Å². The van der Waals surface area contributed by atoms with Crippen LogP contribution < -0.4 is 20.1 Å². The fourth-order valence-electron chi connectivity index (χ4n) is 4.37. The van der Waals surface area contributed by atoms with Gasteiger partial charge in [0.05, 0.1) is 26.2 Å². The van der Waals surface area contributed by atoms with Crippen molar-refractivity contribution >= 4 is 28.3 Å². The summed E-state index contributed by atoms with van der Waals surface area (Å²) in [5.41, 5.74) is 6.03. The van der Waals surface area contributed by atoms with Crippen LogP contribution in [0, 0.1) is 6.92 Å². The van der Waals surface area contributed by atoms with Crippen LogP contribution in [-0.4, -0.2) is 30.1 Å². The van der Waals surface area contributed by atoms with Crippen LogP contribution in [0.15, 0.2) is 54.6 Å². The molecule has 0 saturated carbocycles. The highest BCUT2D eigenvalue weighted by Crippen LogP contribution is 2.35. The van der Waals surface area contributed by atoms with Crippen LogP contribution in [0.3, 0.4) is 0 Å². The summed E-state index contributed by atoms with van der Waals surface area (Å²) in [7, 11) is 3.23. The second kappa shape index (κ2) is 8.67.